The highest BCUT2D eigenvalue weighted by Gasteiger charge is 2.12. The van der Waals surface area contributed by atoms with Crippen molar-refractivity contribution in [2.75, 3.05) is 11.9 Å². The van der Waals surface area contributed by atoms with E-state index < -0.39 is 11.9 Å². The van der Waals surface area contributed by atoms with Gasteiger partial charge in [-0.2, -0.15) is 0 Å². The molecule has 0 aliphatic rings. The lowest BCUT2D eigenvalue weighted by Crippen LogP contribution is -2.34. The number of hydrogen-bond acceptors (Lipinski definition) is 4. The van der Waals surface area contributed by atoms with Gasteiger partial charge >= 0.3 is 5.97 Å². The van der Waals surface area contributed by atoms with Gasteiger partial charge in [0.2, 0.25) is 0 Å². The van der Waals surface area contributed by atoms with Gasteiger partial charge in [-0.25, -0.2) is 4.79 Å². The molecular formula is C19H19ClN2O4S. The lowest BCUT2D eigenvalue weighted by molar-refractivity contribution is 0.0696. The first-order valence-corrected chi connectivity index (χ1v) is 8.93. The van der Waals surface area contributed by atoms with Crippen LogP contribution >= 0.6 is 23.8 Å². The fourth-order valence-electron chi connectivity index (χ4n) is 2.07. The third kappa shape index (κ3) is 6.23. The highest BCUT2D eigenvalue weighted by Crippen LogP contribution is 2.23. The minimum atomic E-state index is -1.09. The number of carbonyl (C=O) groups excluding carboxylic acids is 1. The van der Waals surface area contributed by atoms with Crippen molar-refractivity contribution in [2.24, 2.45) is 5.92 Å². The van der Waals surface area contributed by atoms with Gasteiger partial charge in [0.05, 0.1) is 22.9 Å². The summed E-state index contributed by atoms with van der Waals surface area (Å²) in [6.07, 6.45) is 0. The molecular weight excluding hydrogens is 388 g/mol. The number of carboxylic acid groups (broad SMARTS) is 1. The van der Waals surface area contributed by atoms with Crippen LogP contribution in [-0.4, -0.2) is 28.7 Å². The number of thiocarbonyl (C=S) groups is 1. The molecule has 0 bridgehead atoms. The number of carbonyl (C=O) groups is 2. The topological polar surface area (TPSA) is 87.7 Å². The Balaban J connectivity index is 2.04. The van der Waals surface area contributed by atoms with Crippen molar-refractivity contribution < 1.29 is 19.4 Å². The van der Waals surface area contributed by atoms with Crippen molar-refractivity contribution >= 4 is 46.5 Å². The fraction of sp³-hybridized carbons (Fsp3) is 0.211. The molecule has 3 N–H and O–H groups in total. The number of benzene rings is 2. The number of halogens is 1. The van der Waals surface area contributed by atoms with Crippen molar-refractivity contribution in [3.05, 3.63) is 58.6 Å². The zero-order valence-electron chi connectivity index (χ0n) is 14.8. The van der Waals surface area contributed by atoms with Crippen LogP contribution in [0.3, 0.4) is 0 Å². The number of nitrogens with one attached hydrogen (secondary N) is 2. The molecule has 0 unspecified atom stereocenters. The van der Waals surface area contributed by atoms with Gasteiger partial charge < -0.3 is 15.2 Å². The summed E-state index contributed by atoms with van der Waals surface area (Å²) in [7, 11) is 0. The van der Waals surface area contributed by atoms with Crippen LogP contribution in [0, 0.1) is 5.92 Å². The van der Waals surface area contributed by atoms with Crippen molar-refractivity contribution in [3.63, 3.8) is 0 Å². The Morgan fingerprint density at radius 1 is 1.19 bits per heavy atom. The first kappa shape index (κ1) is 20.7. The lowest BCUT2D eigenvalue weighted by atomic mass is 10.2. The molecule has 8 heteroatoms. The maximum atomic E-state index is 12.4. The molecule has 0 heterocycles. The summed E-state index contributed by atoms with van der Waals surface area (Å²) in [4.78, 5) is 23.4. The highest BCUT2D eigenvalue weighted by molar-refractivity contribution is 7.80. The van der Waals surface area contributed by atoms with Gasteiger partial charge in [-0.05, 0) is 54.5 Å². The number of anilines is 1. The van der Waals surface area contributed by atoms with Crippen molar-refractivity contribution in [1.29, 1.82) is 0 Å². The lowest BCUT2D eigenvalue weighted by Gasteiger charge is -2.12. The fourth-order valence-corrected chi connectivity index (χ4v) is 2.44. The second-order valence-corrected chi connectivity index (χ2v) is 6.96. The second kappa shape index (κ2) is 9.34. The minimum absolute atomic E-state index is 0.00191. The summed E-state index contributed by atoms with van der Waals surface area (Å²) < 4.78 is 5.61. The van der Waals surface area contributed by atoms with E-state index in [1.54, 1.807) is 24.3 Å². The molecule has 0 radical (unpaired) electrons. The Morgan fingerprint density at radius 2 is 1.93 bits per heavy atom. The van der Waals surface area contributed by atoms with E-state index in [4.69, 9.17) is 33.7 Å². The molecule has 0 aromatic heterocycles. The quantitative estimate of drug-likeness (QED) is 0.623. The summed E-state index contributed by atoms with van der Waals surface area (Å²) >= 11 is 11.2. The molecule has 0 saturated heterocycles. The van der Waals surface area contributed by atoms with E-state index >= 15 is 0 Å². The molecule has 2 aromatic carbocycles. The standard InChI is InChI=1S/C19H19ClN2O4S/c1-11(2)10-26-14-5-3-4-12(8-14)17(23)22-19(27)21-16-9-13(18(24)25)6-7-15(16)20/h3-9,11H,10H2,1-2H3,(H,24,25)(H2,21,22,23,27). The van der Waals surface area contributed by atoms with E-state index in [0.29, 0.717) is 23.8 Å². The smallest absolute Gasteiger partial charge is 0.335 e. The Hall–Kier alpha value is -2.64. The second-order valence-electron chi connectivity index (χ2n) is 6.14. The van der Waals surface area contributed by atoms with Crippen LogP contribution < -0.4 is 15.4 Å². The van der Waals surface area contributed by atoms with E-state index in [1.165, 1.54) is 18.2 Å². The number of rotatable bonds is 6. The van der Waals surface area contributed by atoms with Crippen molar-refractivity contribution in [2.45, 2.75) is 13.8 Å². The molecule has 0 atom stereocenters. The molecule has 0 aliphatic heterocycles. The number of ether oxygens (including phenoxy) is 1. The van der Waals surface area contributed by atoms with E-state index in [2.05, 4.69) is 10.6 Å². The van der Waals surface area contributed by atoms with Gasteiger partial charge in [0, 0.05) is 5.56 Å². The molecule has 27 heavy (non-hydrogen) atoms. The molecule has 2 rings (SSSR count). The summed E-state index contributed by atoms with van der Waals surface area (Å²) in [6, 6.07) is 10.9. The molecule has 0 fully saturated rings. The van der Waals surface area contributed by atoms with Crippen LogP contribution in [-0.2, 0) is 0 Å². The summed E-state index contributed by atoms with van der Waals surface area (Å²) in [6.45, 7) is 4.61. The van der Waals surface area contributed by atoms with Crippen LogP contribution in [0.2, 0.25) is 5.02 Å². The number of carboxylic acids is 1. The first-order valence-electron chi connectivity index (χ1n) is 8.14. The zero-order chi connectivity index (χ0) is 20.0. The summed E-state index contributed by atoms with van der Waals surface area (Å²) in [5, 5.41) is 14.6. The van der Waals surface area contributed by atoms with Crippen molar-refractivity contribution in [1.82, 2.24) is 5.32 Å². The van der Waals surface area contributed by atoms with E-state index in [0.717, 1.165) is 0 Å². The van der Waals surface area contributed by atoms with Gasteiger partial charge in [-0.3, -0.25) is 10.1 Å². The predicted molar refractivity (Wildman–Crippen MR) is 109 cm³/mol. The van der Waals surface area contributed by atoms with Gasteiger partial charge in [0.25, 0.3) is 5.91 Å². The number of hydrogen-bond donors (Lipinski definition) is 3. The third-order valence-electron chi connectivity index (χ3n) is 3.37. The number of aromatic carboxylic acids is 1. The SMILES string of the molecule is CC(C)COc1cccc(C(=O)NC(=S)Nc2cc(C(=O)O)ccc2Cl)c1. The molecule has 0 spiro atoms. The minimum Gasteiger partial charge on any atom is -0.493 e. The molecule has 2 aromatic rings. The zero-order valence-corrected chi connectivity index (χ0v) is 16.4. The molecule has 0 saturated carbocycles. The first-order chi connectivity index (χ1) is 12.8. The largest absolute Gasteiger partial charge is 0.493 e. The average Bonchev–Trinajstić information content (AvgIpc) is 2.61. The Morgan fingerprint density at radius 3 is 2.59 bits per heavy atom. The van der Waals surface area contributed by atoms with E-state index in [9.17, 15) is 9.59 Å². The maximum Gasteiger partial charge on any atom is 0.335 e. The van der Waals surface area contributed by atoms with Gasteiger partial charge in [-0.15, -0.1) is 0 Å². The summed E-state index contributed by atoms with van der Waals surface area (Å²) in [5.74, 6) is -0.561. The Labute approximate surface area is 167 Å². The average molecular weight is 407 g/mol. The van der Waals surface area contributed by atoms with Gasteiger partial charge in [0.1, 0.15) is 5.75 Å². The van der Waals surface area contributed by atoms with Crippen LogP contribution in [0.15, 0.2) is 42.5 Å². The molecule has 1 amide bonds. The van der Waals surface area contributed by atoms with E-state index in [1.807, 2.05) is 13.8 Å². The van der Waals surface area contributed by atoms with Crippen LogP contribution in [0.5, 0.6) is 5.75 Å². The summed E-state index contributed by atoms with van der Waals surface area (Å²) in [5.41, 5.74) is 0.715. The predicted octanol–water partition coefficient (Wildman–Crippen LogP) is 4.20. The van der Waals surface area contributed by atoms with Crippen LogP contribution in [0.4, 0.5) is 5.69 Å². The number of amides is 1. The van der Waals surface area contributed by atoms with Gasteiger partial charge in [-0.1, -0.05) is 31.5 Å². The Kier molecular flexibility index (Phi) is 7.15. The molecule has 142 valence electrons. The van der Waals surface area contributed by atoms with Crippen LogP contribution in [0.25, 0.3) is 0 Å². The third-order valence-corrected chi connectivity index (χ3v) is 3.90. The van der Waals surface area contributed by atoms with Crippen molar-refractivity contribution in [3.8, 4) is 5.75 Å². The monoisotopic (exact) mass is 406 g/mol. The highest BCUT2D eigenvalue weighted by atomic mass is 35.5. The molecule has 0 aliphatic carbocycles. The maximum absolute atomic E-state index is 12.4. The normalized spacial score (nSPS) is 10.4. The van der Waals surface area contributed by atoms with E-state index in [-0.39, 0.29) is 21.4 Å². The molecule has 6 nitrogen and oxygen atoms in total. The van der Waals surface area contributed by atoms with Crippen LogP contribution in [0.1, 0.15) is 34.6 Å². The Bertz CT molecular complexity index is 871. The van der Waals surface area contributed by atoms with Gasteiger partial charge in [0.15, 0.2) is 5.11 Å².